The number of hydrogen-bond acceptors (Lipinski definition) is 6. The van der Waals surface area contributed by atoms with Gasteiger partial charge in [-0.15, -0.1) is 5.10 Å². The number of aromatic nitrogens is 3. The van der Waals surface area contributed by atoms with Crippen molar-refractivity contribution in [1.29, 1.82) is 0 Å². The summed E-state index contributed by atoms with van der Waals surface area (Å²) in [5.41, 5.74) is 0.874. The molecular weight excluding hydrogens is 314 g/mol. The lowest BCUT2D eigenvalue weighted by molar-refractivity contribution is -0.122. The first-order valence-corrected chi connectivity index (χ1v) is 7.17. The summed E-state index contributed by atoms with van der Waals surface area (Å²) in [6.07, 6.45) is 1.48. The molecule has 1 aromatic heterocycles. The first-order valence-electron chi connectivity index (χ1n) is 7.17. The van der Waals surface area contributed by atoms with Crippen LogP contribution in [0.1, 0.15) is 12.5 Å². The van der Waals surface area contributed by atoms with Crippen molar-refractivity contribution >= 4 is 17.6 Å². The molecule has 0 fully saturated rings. The molecule has 9 heteroatoms. The summed E-state index contributed by atoms with van der Waals surface area (Å²) in [5.74, 6) is 1.04. The number of ether oxygens (including phenoxy) is 2. The molecule has 128 valence electrons. The number of nitrogens with zero attached hydrogens (tertiary/aromatic N) is 3. The Hall–Kier alpha value is -3.10. The van der Waals surface area contributed by atoms with Crippen molar-refractivity contribution < 1.29 is 19.1 Å². The van der Waals surface area contributed by atoms with Crippen LogP contribution in [-0.4, -0.2) is 41.0 Å². The highest BCUT2D eigenvalue weighted by Gasteiger charge is 2.08. The van der Waals surface area contributed by atoms with Crippen LogP contribution in [0.15, 0.2) is 24.4 Å². The molecule has 2 rings (SSSR count). The normalized spacial score (nSPS) is 10.1. The molecule has 1 aromatic carbocycles. The molecule has 0 saturated carbocycles. The second-order valence-corrected chi connectivity index (χ2v) is 4.95. The Balaban J connectivity index is 1.89. The Morgan fingerprint density at radius 1 is 1.21 bits per heavy atom. The smallest absolute Gasteiger partial charge is 0.242 e. The van der Waals surface area contributed by atoms with E-state index in [0.29, 0.717) is 23.9 Å². The molecule has 2 amide bonds. The minimum absolute atomic E-state index is 0.000125. The van der Waals surface area contributed by atoms with Gasteiger partial charge < -0.3 is 20.1 Å². The zero-order valence-corrected chi connectivity index (χ0v) is 13.7. The summed E-state index contributed by atoms with van der Waals surface area (Å²) in [6, 6.07) is 5.41. The topological polar surface area (TPSA) is 107 Å². The van der Waals surface area contributed by atoms with Gasteiger partial charge in [0.2, 0.25) is 11.8 Å². The number of benzene rings is 1. The van der Waals surface area contributed by atoms with E-state index in [1.807, 2.05) is 6.07 Å². The first kappa shape index (κ1) is 17.3. The zero-order valence-electron chi connectivity index (χ0n) is 13.7. The summed E-state index contributed by atoms with van der Waals surface area (Å²) in [7, 11) is 3.12. The quantitative estimate of drug-likeness (QED) is 0.767. The van der Waals surface area contributed by atoms with Crippen molar-refractivity contribution in [3.8, 4) is 11.5 Å². The Bertz CT molecular complexity index is 728. The van der Waals surface area contributed by atoms with Gasteiger partial charge in [-0.05, 0) is 17.7 Å². The van der Waals surface area contributed by atoms with E-state index in [0.717, 1.165) is 5.56 Å². The monoisotopic (exact) mass is 333 g/mol. The molecule has 1 heterocycles. The van der Waals surface area contributed by atoms with E-state index in [1.165, 1.54) is 17.8 Å². The average molecular weight is 333 g/mol. The molecule has 0 aliphatic rings. The van der Waals surface area contributed by atoms with Crippen LogP contribution >= 0.6 is 0 Å². The van der Waals surface area contributed by atoms with Crippen LogP contribution in [0.2, 0.25) is 0 Å². The highest BCUT2D eigenvalue weighted by Crippen LogP contribution is 2.27. The van der Waals surface area contributed by atoms with E-state index >= 15 is 0 Å². The molecule has 0 atom stereocenters. The van der Waals surface area contributed by atoms with Crippen molar-refractivity contribution in [1.82, 2.24) is 20.3 Å². The molecule has 0 saturated heterocycles. The largest absolute Gasteiger partial charge is 0.493 e. The fraction of sp³-hybridized carbons (Fsp3) is 0.333. The number of methoxy groups -OCH3 is 2. The molecule has 0 aliphatic carbocycles. The van der Waals surface area contributed by atoms with Crippen molar-refractivity contribution in [2.24, 2.45) is 0 Å². The predicted octanol–water partition coefficient (Wildman–Crippen LogP) is 0.570. The zero-order chi connectivity index (χ0) is 17.5. The van der Waals surface area contributed by atoms with Crippen molar-refractivity contribution in [2.75, 3.05) is 19.5 Å². The summed E-state index contributed by atoms with van der Waals surface area (Å²) in [6.45, 7) is 1.71. The van der Waals surface area contributed by atoms with Gasteiger partial charge in [0.1, 0.15) is 6.54 Å². The van der Waals surface area contributed by atoms with Crippen LogP contribution in [0.5, 0.6) is 11.5 Å². The molecule has 24 heavy (non-hydrogen) atoms. The van der Waals surface area contributed by atoms with Crippen LogP contribution < -0.4 is 20.1 Å². The molecule has 0 radical (unpaired) electrons. The van der Waals surface area contributed by atoms with Crippen LogP contribution in [0.3, 0.4) is 0 Å². The Labute approximate surface area is 138 Å². The van der Waals surface area contributed by atoms with Gasteiger partial charge in [0.25, 0.3) is 0 Å². The van der Waals surface area contributed by atoms with Gasteiger partial charge in [-0.1, -0.05) is 11.3 Å². The van der Waals surface area contributed by atoms with E-state index in [9.17, 15) is 9.59 Å². The second kappa shape index (κ2) is 7.95. The third-order valence-electron chi connectivity index (χ3n) is 3.09. The highest BCUT2D eigenvalue weighted by molar-refractivity contribution is 5.87. The molecule has 0 bridgehead atoms. The third kappa shape index (κ3) is 4.70. The lowest BCUT2D eigenvalue weighted by Crippen LogP contribution is -2.27. The number of hydrogen-bond donors (Lipinski definition) is 2. The molecule has 0 spiro atoms. The minimum atomic E-state index is -0.250. The number of anilines is 1. The van der Waals surface area contributed by atoms with Crippen LogP contribution in [0, 0.1) is 0 Å². The SMILES string of the molecule is COc1ccc(CNC(=O)Cn2cc(NC(C)=O)nn2)cc1OC. The highest BCUT2D eigenvalue weighted by atomic mass is 16.5. The van der Waals surface area contributed by atoms with Gasteiger partial charge >= 0.3 is 0 Å². The van der Waals surface area contributed by atoms with E-state index in [-0.39, 0.29) is 18.4 Å². The molecule has 2 N–H and O–H groups in total. The van der Waals surface area contributed by atoms with E-state index in [4.69, 9.17) is 9.47 Å². The fourth-order valence-corrected chi connectivity index (χ4v) is 2.01. The average Bonchev–Trinajstić information content (AvgIpc) is 2.98. The number of carbonyl (C=O) groups is 2. The van der Waals surface area contributed by atoms with Gasteiger partial charge in [-0.2, -0.15) is 0 Å². The first-order chi connectivity index (χ1) is 11.5. The van der Waals surface area contributed by atoms with E-state index in [2.05, 4.69) is 20.9 Å². The molecule has 2 aromatic rings. The Morgan fingerprint density at radius 2 is 1.96 bits per heavy atom. The standard InChI is InChI=1S/C15H19N5O4/c1-10(21)17-14-8-20(19-18-14)9-15(22)16-7-11-4-5-12(23-2)13(6-11)24-3/h4-6,8H,7,9H2,1-3H3,(H,16,22)(H,17,21). The minimum Gasteiger partial charge on any atom is -0.493 e. The maximum Gasteiger partial charge on any atom is 0.242 e. The van der Waals surface area contributed by atoms with Gasteiger partial charge in [-0.25, -0.2) is 4.68 Å². The number of carbonyl (C=O) groups excluding carboxylic acids is 2. The van der Waals surface area contributed by atoms with Gasteiger partial charge in [0, 0.05) is 13.5 Å². The summed E-state index contributed by atoms with van der Waals surface area (Å²) in [4.78, 5) is 22.9. The van der Waals surface area contributed by atoms with E-state index in [1.54, 1.807) is 26.4 Å². The molecular formula is C15H19N5O4. The van der Waals surface area contributed by atoms with Crippen molar-refractivity contribution in [3.05, 3.63) is 30.0 Å². The maximum absolute atomic E-state index is 12.0. The molecule has 9 nitrogen and oxygen atoms in total. The lowest BCUT2D eigenvalue weighted by atomic mass is 10.2. The van der Waals surface area contributed by atoms with Crippen molar-refractivity contribution in [3.63, 3.8) is 0 Å². The Kier molecular flexibility index (Phi) is 5.72. The third-order valence-corrected chi connectivity index (χ3v) is 3.09. The maximum atomic E-state index is 12.0. The van der Waals surface area contributed by atoms with Crippen molar-refractivity contribution in [2.45, 2.75) is 20.0 Å². The number of amides is 2. The van der Waals surface area contributed by atoms with Gasteiger partial charge in [0.15, 0.2) is 17.3 Å². The van der Waals surface area contributed by atoms with Crippen LogP contribution in [0.4, 0.5) is 5.82 Å². The van der Waals surface area contributed by atoms with E-state index < -0.39 is 0 Å². The van der Waals surface area contributed by atoms with Crippen LogP contribution in [-0.2, 0) is 22.7 Å². The Morgan fingerprint density at radius 3 is 2.62 bits per heavy atom. The summed E-state index contributed by atoms with van der Waals surface area (Å²) in [5, 5.41) is 12.8. The summed E-state index contributed by atoms with van der Waals surface area (Å²) < 4.78 is 11.7. The summed E-state index contributed by atoms with van der Waals surface area (Å²) >= 11 is 0. The van der Waals surface area contributed by atoms with Gasteiger partial charge in [0.05, 0.1) is 20.4 Å². The molecule has 0 aliphatic heterocycles. The molecule has 0 unspecified atom stereocenters. The number of nitrogens with one attached hydrogen (secondary N) is 2. The fourth-order valence-electron chi connectivity index (χ4n) is 2.01. The van der Waals surface area contributed by atoms with Crippen LogP contribution in [0.25, 0.3) is 0 Å². The lowest BCUT2D eigenvalue weighted by Gasteiger charge is -2.10. The second-order valence-electron chi connectivity index (χ2n) is 4.95. The van der Waals surface area contributed by atoms with Gasteiger partial charge in [-0.3, -0.25) is 9.59 Å². The number of rotatable bonds is 7. The predicted molar refractivity (Wildman–Crippen MR) is 85.7 cm³/mol.